The molecule has 0 unspecified atom stereocenters. The van der Waals surface area contributed by atoms with Gasteiger partial charge in [0.15, 0.2) is 0 Å². The predicted molar refractivity (Wildman–Crippen MR) is 136 cm³/mol. The van der Waals surface area contributed by atoms with E-state index in [-0.39, 0.29) is 11.9 Å². The fourth-order valence-corrected chi connectivity index (χ4v) is 5.04. The number of rotatable bonds is 5. The first kappa shape index (κ1) is 22.9. The molecular formula is C25H26ClN7O2. The molecular weight excluding hydrogens is 466 g/mol. The fraction of sp³-hybridized carbons (Fsp3) is 0.280. The number of benzene rings is 1. The van der Waals surface area contributed by atoms with Gasteiger partial charge in [-0.3, -0.25) is 9.48 Å². The summed E-state index contributed by atoms with van der Waals surface area (Å²) in [6, 6.07) is 5.84. The summed E-state index contributed by atoms with van der Waals surface area (Å²) in [5, 5.41) is 5.98. The lowest BCUT2D eigenvalue weighted by Crippen LogP contribution is -2.38. The lowest BCUT2D eigenvalue weighted by atomic mass is 10.00. The second-order valence-corrected chi connectivity index (χ2v) is 8.97. The molecule has 2 N–H and O–H groups in total. The van der Waals surface area contributed by atoms with Crippen LogP contribution in [0.4, 0.5) is 5.82 Å². The largest absolute Gasteiger partial charge is 0.495 e. The van der Waals surface area contributed by atoms with Crippen LogP contribution >= 0.6 is 11.6 Å². The Morgan fingerprint density at radius 2 is 2.03 bits per heavy atom. The SMILES string of the molecule is C=CC(=O)N1CCC(n2cc(-c3c(-c4ccc(Cl)c(OC)c4)c4c(N)ncnc4n3C)cn2)CC1. The molecule has 0 aliphatic carbocycles. The number of carbonyl (C=O) groups is 1. The van der Waals surface area contributed by atoms with E-state index in [9.17, 15) is 4.79 Å². The Labute approximate surface area is 207 Å². The number of nitrogen functional groups attached to an aromatic ring is 1. The normalized spacial score (nSPS) is 14.4. The third-order valence-electron chi connectivity index (χ3n) is 6.64. The highest BCUT2D eigenvalue weighted by atomic mass is 35.5. The van der Waals surface area contributed by atoms with Gasteiger partial charge in [0.25, 0.3) is 0 Å². The first-order chi connectivity index (χ1) is 16.9. The van der Waals surface area contributed by atoms with Crippen LogP contribution in [0.2, 0.25) is 5.02 Å². The van der Waals surface area contributed by atoms with Crippen LogP contribution < -0.4 is 10.5 Å². The van der Waals surface area contributed by atoms with Crippen molar-refractivity contribution in [2.24, 2.45) is 7.05 Å². The molecule has 35 heavy (non-hydrogen) atoms. The highest BCUT2D eigenvalue weighted by molar-refractivity contribution is 6.32. The molecule has 180 valence electrons. The molecule has 0 radical (unpaired) electrons. The van der Waals surface area contributed by atoms with Crippen molar-refractivity contribution in [3.63, 3.8) is 0 Å². The number of anilines is 1. The number of aromatic nitrogens is 5. The molecule has 4 aromatic rings. The third kappa shape index (κ3) is 3.91. The van der Waals surface area contributed by atoms with Crippen LogP contribution in [-0.4, -0.2) is 55.3 Å². The van der Waals surface area contributed by atoms with Crippen molar-refractivity contribution in [1.82, 2.24) is 29.2 Å². The fourth-order valence-electron chi connectivity index (χ4n) is 4.85. The highest BCUT2D eigenvalue weighted by Crippen LogP contribution is 2.43. The van der Waals surface area contributed by atoms with Gasteiger partial charge >= 0.3 is 0 Å². The number of methoxy groups -OCH3 is 1. The van der Waals surface area contributed by atoms with Gasteiger partial charge in [-0.05, 0) is 36.6 Å². The van der Waals surface area contributed by atoms with Crippen molar-refractivity contribution < 1.29 is 9.53 Å². The van der Waals surface area contributed by atoms with E-state index in [1.54, 1.807) is 13.2 Å². The average Bonchev–Trinajstić information content (AvgIpc) is 3.47. The Morgan fingerprint density at radius 1 is 1.26 bits per heavy atom. The smallest absolute Gasteiger partial charge is 0.245 e. The minimum atomic E-state index is -0.0261. The number of piperidine rings is 1. The molecule has 0 spiro atoms. The summed E-state index contributed by atoms with van der Waals surface area (Å²) in [5.41, 5.74) is 10.7. The number of ether oxygens (including phenoxy) is 1. The molecule has 3 aromatic heterocycles. The van der Waals surface area contributed by atoms with E-state index in [1.165, 1.54) is 12.4 Å². The van der Waals surface area contributed by atoms with Gasteiger partial charge in [0.05, 0.1) is 35.5 Å². The number of fused-ring (bicyclic) bond motifs is 1. The van der Waals surface area contributed by atoms with E-state index < -0.39 is 0 Å². The lowest BCUT2D eigenvalue weighted by Gasteiger charge is -2.31. The number of halogens is 1. The van der Waals surface area contributed by atoms with Crippen molar-refractivity contribution in [3.05, 3.63) is 54.6 Å². The van der Waals surface area contributed by atoms with Gasteiger partial charge in [-0.25, -0.2) is 9.97 Å². The van der Waals surface area contributed by atoms with Gasteiger partial charge in [-0.2, -0.15) is 5.10 Å². The number of aryl methyl sites for hydroxylation is 1. The second-order valence-electron chi connectivity index (χ2n) is 8.56. The maximum Gasteiger partial charge on any atom is 0.245 e. The number of likely N-dealkylation sites (tertiary alicyclic amines) is 1. The Bertz CT molecular complexity index is 1430. The topological polar surface area (TPSA) is 104 Å². The predicted octanol–water partition coefficient (Wildman–Crippen LogP) is 4.09. The minimum absolute atomic E-state index is 0.0261. The van der Waals surface area contributed by atoms with Gasteiger partial charge in [-0.1, -0.05) is 24.2 Å². The van der Waals surface area contributed by atoms with E-state index in [4.69, 9.17) is 22.1 Å². The molecule has 1 aliphatic rings. The molecule has 0 saturated carbocycles. The number of carbonyl (C=O) groups excluding carboxylic acids is 1. The summed E-state index contributed by atoms with van der Waals surface area (Å²) in [6.45, 7) is 4.95. The van der Waals surface area contributed by atoms with Crippen molar-refractivity contribution >= 4 is 34.4 Å². The van der Waals surface area contributed by atoms with Gasteiger partial charge in [0.2, 0.25) is 5.91 Å². The first-order valence-electron chi connectivity index (χ1n) is 11.3. The molecule has 1 saturated heterocycles. The molecule has 1 aliphatic heterocycles. The maximum atomic E-state index is 11.9. The number of amides is 1. The lowest BCUT2D eigenvalue weighted by molar-refractivity contribution is -0.127. The van der Waals surface area contributed by atoms with Crippen LogP contribution in [0.5, 0.6) is 5.75 Å². The Kier molecular flexibility index (Phi) is 5.94. The van der Waals surface area contributed by atoms with Crippen LogP contribution in [0.15, 0.2) is 49.6 Å². The van der Waals surface area contributed by atoms with E-state index in [2.05, 4.69) is 21.6 Å². The molecule has 1 aromatic carbocycles. The van der Waals surface area contributed by atoms with Crippen LogP contribution in [-0.2, 0) is 11.8 Å². The van der Waals surface area contributed by atoms with E-state index in [0.717, 1.165) is 46.3 Å². The van der Waals surface area contributed by atoms with Gasteiger partial charge < -0.3 is 19.9 Å². The van der Waals surface area contributed by atoms with E-state index in [1.807, 2.05) is 45.7 Å². The number of hydrogen-bond acceptors (Lipinski definition) is 6. The zero-order valence-corrected chi connectivity index (χ0v) is 20.4. The zero-order chi connectivity index (χ0) is 24.7. The summed E-state index contributed by atoms with van der Waals surface area (Å²) >= 11 is 6.30. The molecule has 10 heteroatoms. The molecule has 0 bridgehead atoms. The minimum Gasteiger partial charge on any atom is -0.495 e. The molecule has 4 heterocycles. The van der Waals surface area contributed by atoms with Crippen molar-refractivity contribution in [1.29, 1.82) is 0 Å². The van der Waals surface area contributed by atoms with Gasteiger partial charge in [-0.15, -0.1) is 0 Å². The summed E-state index contributed by atoms with van der Waals surface area (Å²) in [4.78, 5) is 22.5. The maximum absolute atomic E-state index is 11.9. The molecule has 1 fully saturated rings. The number of hydrogen-bond donors (Lipinski definition) is 1. The quantitative estimate of drug-likeness (QED) is 0.421. The summed E-state index contributed by atoms with van der Waals surface area (Å²) < 4.78 is 9.47. The van der Waals surface area contributed by atoms with Crippen LogP contribution in [0, 0.1) is 0 Å². The van der Waals surface area contributed by atoms with Gasteiger partial charge in [0.1, 0.15) is 23.5 Å². The Balaban J connectivity index is 1.60. The number of nitrogens with two attached hydrogens (primary N) is 1. The third-order valence-corrected chi connectivity index (χ3v) is 6.95. The molecule has 5 rings (SSSR count). The molecule has 1 amide bonds. The van der Waals surface area contributed by atoms with E-state index >= 15 is 0 Å². The highest BCUT2D eigenvalue weighted by Gasteiger charge is 2.26. The average molecular weight is 492 g/mol. The van der Waals surface area contributed by atoms with Crippen LogP contribution in [0.3, 0.4) is 0 Å². The van der Waals surface area contributed by atoms with Crippen LogP contribution in [0.25, 0.3) is 33.4 Å². The Hall–Kier alpha value is -3.85. The first-order valence-corrected chi connectivity index (χ1v) is 11.7. The number of nitrogens with zero attached hydrogens (tertiary/aromatic N) is 6. The summed E-state index contributed by atoms with van der Waals surface area (Å²) in [5.74, 6) is 0.938. The van der Waals surface area contributed by atoms with Crippen molar-refractivity contribution in [3.8, 4) is 28.1 Å². The summed E-state index contributed by atoms with van der Waals surface area (Å²) in [6.07, 6.45) is 8.40. The summed E-state index contributed by atoms with van der Waals surface area (Å²) in [7, 11) is 3.54. The monoisotopic (exact) mass is 491 g/mol. The van der Waals surface area contributed by atoms with Crippen LogP contribution in [0.1, 0.15) is 18.9 Å². The zero-order valence-electron chi connectivity index (χ0n) is 19.6. The van der Waals surface area contributed by atoms with Gasteiger partial charge in [0, 0.05) is 37.5 Å². The molecule has 0 atom stereocenters. The van der Waals surface area contributed by atoms with Crippen molar-refractivity contribution in [2.75, 3.05) is 25.9 Å². The Morgan fingerprint density at radius 3 is 2.74 bits per heavy atom. The van der Waals surface area contributed by atoms with Crippen molar-refractivity contribution in [2.45, 2.75) is 18.9 Å². The standard InChI is InChI=1S/C25H26ClN7O2/c1-4-20(34)32-9-7-17(8-10-32)33-13-16(12-30-33)23-21(15-5-6-18(26)19(11-15)35-3)22-24(27)28-14-29-25(22)31(23)2/h4-6,11-14,17H,1,7-10H2,2-3H3,(H2,27,28,29). The molecule has 9 nitrogen and oxygen atoms in total. The van der Waals surface area contributed by atoms with E-state index in [0.29, 0.717) is 29.7 Å². The second kappa shape index (κ2) is 9.07.